The molecule has 2 atom stereocenters. The quantitative estimate of drug-likeness (QED) is 0.658. The fourth-order valence-electron chi connectivity index (χ4n) is 2.95. The highest BCUT2D eigenvalue weighted by Crippen LogP contribution is 2.34. The van der Waals surface area contributed by atoms with Crippen LogP contribution < -0.4 is 0 Å². The van der Waals surface area contributed by atoms with Crippen molar-refractivity contribution in [2.75, 3.05) is 33.0 Å². The van der Waals surface area contributed by atoms with Crippen LogP contribution in [-0.2, 0) is 24.3 Å². The number of halogens is 2. The van der Waals surface area contributed by atoms with Gasteiger partial charge in [-0.2, -0.15) is 0 Å². The lowest BCUT2D eigenvalue weighted by Crippen LogP contribution is -2.46. The largest absolute Gasteiger partial charge is 0.444 e. The number of benzene rings is 1. The first-order valence-corrected chi connectivity index (χ1v) is 11.8. The fraction of sp³-hybridized carbons (Fsp3) is 0.579. The second-order valence-corrected chi connectivity index (χ2v) is 10.9. The van der Waals surface area contributed by atoms with Crippen molar-refractivity contribution in [3.8, 4) is 0 Å². The van der Waals surface area contributed by atoms with Crippen molar-refractivity contribution >= 4 is 45.2 Å². The smallest absolute Gasteiger partial charge is 0.410 e. The van der Waals surface area contributed by atoms with E-state index < -0.39 is 39.6 Å². The summed E-state index contributed by atoms with van der Waals surface area (Å²) in [5.74, 6) is -1.71. The van der Waals surface area contributed by atoms with Gasteiger partial charge in [-0.15, -0.1) is 0 Å². The molecule has 0 radical (unpaired) electrons. The van der Waals surface area contributed by atoms with Gasteiger partial charge >= 0.3 is 6.09 Å². The van der Waals surface area contributed by atoms with Crippen LogP contribution in [-0.4, -0.2) is 68.2 Å². The molecule has 0 unspecified atom stereocenters. The summed E-state index contributed by atoms with van der Waals surface area (Å²) in [6, 6.07) is 4.79. The van der Waals surface area contributed by atoms with E-state index in [4.69, 9.17) is 32.7 Å². The van der Waals surface area contributed by atoms with Gasteiger partial charge in [-0.25, -0.2) is 17.5 Å². The van der Waals surface area contributed by atoms with Crippen LogP contribution in [0.1, 0.15) is 32.4 Å². The zero-order valence-corrected chi connectivity index (χ0v) is 19.8. The Morgan fingerprint density at radius 1 is 1.23 bits per heavy atom. The minimum absolute atomic E-state index is 0.0848. The van der Waals surface area contributed by atoms with Crippen molar-refractivity contribution in [2.45, 2.75) is 32.5 Å². The standard InChI is InChI=1S/C19H26Cl2N2O6S/c1-19(2,3)29-18(25)23-8-9-28-16(12-6-7-14(20)15(21)10-12)13(11-23)17(24)22(4)30(5,26)27/h6-7,10,13,16H,8-9,11H2,1-5H3/t13-,16+/m1/s1. The SMILES string of the molecule is CN(C(=O)[C@@H]1CN(C(=O)OC(C)(C)C)CCO[C@H]1c1ccc(Cl)c(Cl)c1)S(C)(=O)=O. The molecule has 8 nitrogen and oxygen atoms in total. The summed E-state index contributed by atoms with van der Waals surface area (Å²) in [6.07, 6.45) is -0.507. The van der Waals surface area contributed by atoms with Crippen LogP contribution in [0.5, 0.6) is 0 Å². The van der Waals surface area contributed by atoms with Crippen LogP contribution in [0.3, 0.4) is 0 Å². The average Bonchev–Trinajstić information content (AvgIpc) is 2.83. The van der Waals surface area contributed by atoms with Crippen LogP contribution in [0.4, 0.5) is 4.79 Å². The summed E-state index contributed by atoms with van der Waals surface area (Å²) in [5.41, 5.74) is -0.174. The number of nitrogens with zero attached hydrogens (tertiary/aromatic N) is 2. The van der Waals surface area contributed by atoms with E-state index in [1.165, 1.54) is 11.9 Å². The van der Waals surface area contributed by atoms with Gasteiger partial charge in [-0.1, -0.05) is 29.3 Å². The lowest BCUT2D eigenvalue weighted by Gasteiger charge is -2.30. The lowest BCUT2D eigenvalue weighted by molar-refractivity contribution is -0.134. The van der Waals surface area contributed by atoms with E-state index in [-0.39, 0.29) is 24.7 Å². The highest BCUT2D eigenvalue weighted by Gasteiger charge is 2.40. The van der Waals surface area contributed by atoms with Gasteiger partial charge in [-0.3, -0.25) is 4.79 Å². The molecular weight excluding hydrogens is 455 g/mol. The number of hydrogen-bond donors (Lipinski definition) is 0. The Morgan fingerprint density at radius 3 is 2.40 bits per heavy atom. The van der Waals surface area contributed by atoms with Gasteiger partial charge < -0.3 is 14.4 Å². The highest BCUT2D eigenvalue weighted by molar-refractivity contribution is 7.88. The first kappa shape index (κ1) is 24.7. The number of amides is 2. The monoisotopic (exact) mass is 480 g/mol. The molecular formula is C19H26Cl2N2O6S. The van der Waals surface area contributed by atoms with E-state index in [0.717, 1.165) is 6.26 Å². The summed E-state index contributed by atoms with van der Waals surface area (Å²) in [6.45, 7) is 5.42. The number of hydrogen-bond acceptors (Lipinski definition) is 6. The molecule has 1 heterocycles. The van der Waals surface area contributed by atoms with Gasteiger partial charge in [0, 0.05) is 20.1 Å². The predicted molar refractivity (Wildman–Crippen MR) is 114 cm³/mol. The lowest BCUT2D eigenvalue weighted by atomic mass is 9.94. The van der Waals surface area contributed by atoms with Gasteiger partial charge in [0.2, 0.25) is 15.9 Å². The molecule has 1 aliphatic rings. The molecule has 0 N–H and O–H groups in total. The summed E-state index contributed by atoms with van der Waals surface area (Å²) in [4.78, 5) is 27.1. The maximum atomic E-state index is 13.1. The zero-order chi connectivity index (χ0) is 22.9. The average molecular weight is 481 g/mol. The molecule has 0 bridgehead atoms. The normalized spacial score (nSPS) is 20.4. The minimum Gasteiger partial charge on any atom is -0.444 e. The van der Waals surface area contributed by atoms with Crippen LogP contribution in [0.15, 0.2) is 18.2 Å². The molecule has 2 amide bonds. The van der Waals surface area contributed by atoms with E-state index in [1.54, 1.807) is 39.0 Å². The van der Waals surface area contributed by atoms with Crippen molar-refractivity contribution in [1.82, 2.24) is 9.21 Å². The molecule has 0 aliphatic carbocycles. The van der Waals surface area contributed by atoms with Crippen molar-refractivity contribution in [2.24, 2.45) is 5.92 Å². The van der Waals surface area contributed by atoms with Crippen LogP contribution >= 0.6 is 23.2 Å². The van der Waals surface area contributed by atoms with E-state index in [0.29, 0.717) is 14.9 Å². The van der Waals surface area contributed by atoms with Crippen molar-refractivity contribution in [3.05, 3.63) is 33.8 Å². The zero-order valence-electron chi connectivity index (χ0n) is 17.5. The summed E-state index contributed by atoms with van der Waals surface area (Å²) >= 11 is 12.1. The van der Waals surface area contributed by atoms with E-state index >= 15 is 0 Å². The molecule has 0 spiro atoms. The highest BCUT2D eigenvalue weighted by atomic mass is 35.5. The summed E-state index contributed by atoms with van der Waals surface area (Å²) in [5, 5.41) is 0.606. The van der Waals surface area contributed by atoms with E-state index in [1.807, 2.05) is 0 Å². The van der Waals surface area contributed by atoms with Gasteiger partial charge in [0.1, 0.15) is 5.60 Å². The molecule has 0 aromatic heterocycles. The molecule has 2 rings (SSSR count). The van der Waals surface area contributed by atoms with E-state index in [2.05, 4.69) is 0 Å². The number of ether oxygens (including phenoxy) is 2. The first-order valence-electron chi connectivity index (χ1n) is 9.23. The molecule has 1 aromatic rings. The summed E-state index contributed by atoms with van der Waals surface area (Å²) in [7, 11) is -2.63. The molecule has 1 aromatic carbocycles. The van der Waals surface area contributed by atoms with Crippen molar-refractivity contribution in [1.29, 1.82) is 0 Å². The second-order valence-electron chi connectivity index (χ2n) is 8.07. The predicted octanol–water partition coefficient (Wildman–Crippen LogP) is 3.34. The molecule has 30 heavy (non-hydrogen) atoms. The maximum Gasteiger partial charge on any atom is 0.410 e. The Morgan fingerprint density at radius 2 is 1.87 bits per heavy atom. The molecule has 168 valence electrons. The van der Waals surface area contributed by atoms with Gasteiger partial charge in [-0.05, 0) is 38.5 Å². The molecule has 1 fully saturated rings. The second kappa shape index (κ2) is 9.30. The number of sulfonamides is 1. The van der Waals surface area contributed by atoms with Crippen molar-refractivity contribution < 1.29 is 27.5 Å². The first-order chi connectivity index (χ1) is 13.7. The van der Waals surface area contributed by atoms with E-state index in [9.17, 15) is 18.0 Å². The Hall–Kier alpha value is -1.55. The Labute approximate surface area is 187 Å². The summed E-state index contributed by atoms with van der Waals surface area (Å²) < 4.78 is 35.9. The van der Waals surface area contributed by atoms with Gasteiger partial charge in [0.15, 0.2) is 0 Å². The Kier molecular flexibility index (Phi) is 7.66. The van der Waals surface area contributed by atoms with Gasteiger partial charge in [0.25, 0.3) is 0 Å². The number of carbonyl (C=O) groups excluding carboxylic acids is 2. The van der Waals surface area contributed by atoms with Gasteiger partial charge in [0.05, 0.1) is 34.9 Å². The third-order valence-corrected chi connectivity index (χ3v) is 6.40. The molecule has 1 aliphatic heterocycles. The third kappa shape index (κ3) is 6.23. The van der Waals surface area contributed by atoms with Crippen LogP contribution in [0.2, 0.25) is 10.0 Å². The topological polar surface area (TPSA) is 93.2 Å². The molecule has 1 saturated heterocycles. The number of rotatable bonds is 3. The maximum absolute atomic E-state index is 13.1. The number of carbonyl (C=O) groups is 2. The molecule has 11 heteroatoms. The van der Waals surface area contributed by atoms with Crippen LogP contribution in [0, 0.1) is 5.92 Å². The third-order valence-electron chi connectivity index (χ3n) is 4.49. The Balaban J connectivity index is 2.43. The Bertz CT molecular complexity index is 916. The van der Waals surface area contributed by atoms with Crippen LogP contribution in [0.25, 0.3) is 0 Å². The van der Waals surface area contributed by atoms with Crippen molar-refractivity contribution in [3.63, 3.8) is 0 Å². The fourth-order valence-corrected chi connectivity index (χ4v) is 3.71. The molecule has 0 saturated carbocycles. The minimum atomic E-state index is -3.80.